The van der Waals surface area contributed by atoms with Crippen LogP contribution in [-0.4, -0.2) is 48.2 Å². The van der Waals surface area contributed by atoms with E-state index in [1.165, 1.54) is 25.8 Å². The third-order valence-electron chi connectivity index (χ3n) is 4.37. The molecule has 0 amide bonds. The Morgan fingerprint density at radius 2 is 2.10 bits per heavy atom. The van der Waals surface area contributed by atoms with Crippen LogP contribution in [0.2, 0.25) is 5.02 Å². The highest BCUT2D eigenvalue weighted by atomic mass is 35.5. The number of carbonyl (C=O) groups is 1. The smallest absolute Gasteiger partial charge is 0.337 e. The number of aromatic carboxylic acids is 1. The molecule has 2 aliphatic rings. The van der Waals surface area contributed by atoms with Crippen molar-refractivity contribution in [3.05, 3.63) is 28.8 Å². The lowest BCUT2D eigenvalue weighted by atomic mass is 9.98. The van der Waals surface area contributed by atoms with E-state index in [4.69, 9.17) is 11.6 Å². The quantitative estimate of drug-likeness (QED) is 0.911. The van der Waals surface area contributed by atoms with Gasteiger partial charge in [0.05, 0.1) is 11.3 Å². The van der Waals surface area contributed by atoms with Crippen molar-refractivity contribution < 1.29 is 9.90 Å². The Balaban J connectivity index is 1.85. The number of nitrogens with zero attached hydrogens (tertiary/aromatic N) is 2. The molecule has 0 aromatic heterocycles. The number of carboxylic acids is 1. The molecule has 1 unspecified atom stereocenters. The maximum atomic E-state index is 11.4. The summed E-state index contributed by atoms with van der Waals surface area (Å²) >= 11 is 6.05. The van der Waals surface area contributed by atoms with Gasteiger partial charge in [0.2, 0.25) is 0 Å². The number of halogens is 1. The Kier molecular flexibility index (Phi) is 3.85. The number of piperidine rings is 1. The van der Waals surface area contributed by atoms with Crippen LogP contribution in [0.15, 0.2) is 18.2 Å². The van der Waals surface area contributed by atoms with Gasteiger partial charge in [0.1, 0.15) is 0 Å². The first-order valence-electron chi connectivity index (χ1n) is 7.17. The van der Waals surface area contributed by atoms with Crippen molar-refractivity contribution in [1.82, 2.24) is 4.90 Å². The van der Waals surface area contributed by atoms with Gasteiger partial charge in [0.15, 0.2) is 0 Å². The Labute approximate surface area is 123 Å². The summed E-state index contributed by atoms with van der Waals surface area (Å²) in [6.07, 6.45) is 3.77. The molecule has 2 heterocycles. The molecule has 1 aromatic rings. The van der Waals surface area contributed by atoms with E-state index in [1.54, 1.807) is 18.2 Å². The van der Waals surface area contributed by atoms with E-state index in [-0.39, 0.29) is 0 Å². The van der Waals surface area contributed by atoms with Crippen LogP contribution in [0, 0.1) is 0 Å². The van der Waals surface area contributed by atoms with Crippen molar-refractivity contribution in [2.24, 2.45) is 0 Å². The van der Waals surface area contributed by atoms with Crippen LogP contribution in [0.1, 0.15) is 29.6 Å². The van der Waals surface area contributed by atoms with E-state index in [9.17, 15) is 9.90 Å². The summed E-state index contributed by atoms with van der Waals surface area (Å²) in [6.45, 7) is 3.97. The summed E-state index contributed by atoms with van der Waals surface area (Å²) in [7, 11) is 0. The maximum absolute atomic E-state index is 11.4. The normalized spacial score (nSPS) is 23.4. The lowest BCUT2D eigenvalue weighted by Gasteiger charge is -2.45. The fraction of sp³-hybridized carbons (Fsp3) is 0.533. The topological polar surface area (TPSA) is 43.8 Å². The number of benzene rings is 1. The Bertz CT molecular complexity index is 521. The summed E-state index contributed by atoms with van der Waals surface area (Å²) in [4.78, 5) is 16.1. The van der Waals surface area contributed by atoms with Gasteiger partial charge >= 0.3 is 5.97 Å². The first-order chi connectivity index (χ1) is 9.65. The van der Waals surface area contributed by atoms with Gasteiger partial charge in [-0.3, -0.25) is 4.90 Å². The van der Waals surface area contributed by atoms with Gasteiger partial charge in [-0.2, -0.15) is 0 Å². The van der Waals surface area contributed by atoms with Gasteiger partial charge in [0, 0.05) is 30.7 Å². The molecule has 3 rings (SSSR count). The zero-order valence-electron chi connectivity index (χ0n) is 11.4. The van der Waals surface area contributed by atoms with E-state index in [0.29, 0.717) is 16.6 Å². The molecule has 2 saturated heterocycles. The summed E-state index contributed by atoms with van der Waals surface area (Å²) in [5, 5.41) is 9.93. The Hall–Kier alpha value is -1.26. The van der Waals surface area contributed by atoms with Gasteiger partial charge in [-0.1, -0.05) is 18.0 Å². The number of rotatable bonds is 2. The monoisotopic (exact) mass is 294 g/mol. The first-order valence-corrected chi connectivity index (χ1v) is 7.55. The lowest BCUT2D eigenvalue weighted by molar-refractivity contribution is 0.0696. The molecule has 4 nitrogen and oxygen atoms in total. The molecule has 20 heavy (non-hydrogen) atoms. The molecule has 0 spiro atoms. The van der Waals surface area contributed by atoms with Gasteiger partial charge in [-0.05, 0) is 37.6 Å². The van der Waals surface area contributed by atoms with Gasteiger partial charge < -0.3 is 10.0 Å². The third kappa shape index (κ3) is 2.63. The van der Waals surface area contributed by atoms with Crippen molar-refractivity contribution >= 4 is 23.3 Å². The fourth-order valence-electron chi connectivity index (χ4n) is 3.32. The van der Waals surface area contributed by atoms with Crippen LogP contribution >= 0.6 is 11.6 Å². The van der Waals surface area contributed by atoms with Crippen LogP contribution in [0.5, 0.6) is 0 Å². The average molecular weight is 295 g/mol. The predicted octanol–water partition coefficient (Wildman–Crippen LogP) is 2.71. The van der Waals surface area contributed by atoms with Crippen LogP contribution < -0.4 is 4.90 Å². The SMILES string of the molecule is O=C(O)c1ccc(Cl)cc1N1CCN2CCCCC2C1. The average Bonchev–Trinajstić information content (AvgIpc) is 2.46. The number of piperazine rings is 1. The fourth-order valence-corrected chi connectivity index (χ4v) is 3.49. The van der Waals surface area contributed by atoms with E-state index in [2.05, 4.69) is 9.80 Å². The molecule has 2 fully saturated rings. The maximum Gasteiger partial charge on any atom is 0.337 e. The Morgan fingerprint density at radius 1 is 1.25 bits per heavy atom. The standard InChI is InChI=1S/C15H19ClN2O2/c16-11-4-5-13(15(19)20)14(9-11)18-8-7-17-6-2-1-3-12(17)10-18/h4-5,9,12H,1-3,6-8,10H2,(H,19,20). The number of fused-ring (bicyclic) bond motifs is 1. The van der Waals surface area contributed by atoms with Crippen molar-refractivity contribution in [3.63, 3.8) is 0 Å². The van der Waals surface area contributed by atoms with Crippen LogP contribution in [0.3, 0.4) is 0 Å². The van der Waals surface area contributed by atoms with E-state index >= 15 is 0 Å². The Morgan fingerprint density at radius 3 is 2.90 bits per heavy atom. The molecule has 5 heteroatoms. The highest BCUT2D eigenvalue weighted by Crippen LogP contribution is 2.29. The molecule has 0 radical (unpaired) electrons. The molecular weight excluding hydrogens is 276 g/mol. The highest BCUT2D eigenvalue weighted by Gasteiger charge is 2.30. The van der Waals surface area contributed by atoms with Crippen LogP contribution in [0.4, 0.5) is 5.69 Å². The molecule has 0 bridgehead atoms. The van der Waals surface area contributed by atoms with Crippen molar-refractivity contribution in [2.75, 3.05) is 31.1 Å². The molecular formula is C15H19ClN2O2. The van der Waals surface area contributed by atoms with Gasteiger partial charge in [0.25, 0.3) is 0 Å². The minimum absolute atomic E-state index is 0.346. The number of anilines is 1. The molecule has 1 aromatic carbocycles. The van der Waals surface area contributed by atoms with Gasteiger partial charge in [-0.25, -0.2) is 4.79 Å². The summed E-state index contributed by atoms with van der Waals surface area (Å²) in [6, 6.07) is 5.58. The van der Waals surface area contributed by atoms with E-state index in [1.807, 2.05) is 0 Å². The van der Waals surface area contributed by atoms with Crippen LogP contribution in [-0.2, 0) is 0 Å². The molecule has 1 N–H and O–H groups in total. The minimum Gasteiger partial charge on any atom is -0.478 e. The first kappa shape index (κ1) is 13.7. The van der Waals surface area contributed by atoms with Crippen molar-refractivity contribution in [1.29, 1.82) is 0 Å². The summed E-state index contributed by atoms with van der Waals surface area (Å²) in [5.41, 5.74) is 1.11. The molecule has 0 aliphatic carbocycles. The van der Waals surface area contributed by atoms with E-state index in [0.717, 1.165) is 25.3 Å². The largest absolute Gasteiger partial charge is 0.478 e. The van der Waals surface area contributed by atoms with Crippen molar-refractivity contribution in [2.45, 2.75) is 25.3 Å². The number of hydrogen-bond donors (Lipinski definition) is 1. The minimum atomic E-state index is -0.886. The molecule has 0 saturated carbocycles. The second-order valence-electron chi connectivity index (χ2n) is 5.60. The lowest BCUT2D eigenvalue weighted by Crippen LogP contribution is -2.55. The molecule has 2 aliphatic heterocycles. The third-order valence-corrected chi connectivity index (χ3v) is 4.60. The second-order valence-corrected chi connectivity index (χ2v) is 6.03. The number of carboxylic acid groups (broad SMARTS) is 1. The van der Waals surface area contributed by atoms with E-state index < -0.39 is 5.97 Å². The second kappa shape index (κ2) is 5.62. The number of hydrogen-bond acceptors (Lipinski definition) is 3. The summed E-state index contributed by atoms with van der Waals surface area (Å²) < 4.78 is 0. The zero-order chi connectivity index (χ0) is 14.1. The molecule has 108 valence electrons. The van der Waals surface area contributed by atoms with Crippen molar-refractivity contribution in [3.8, 4) is 0 Å². The molecule has 1 atom stereocenters. The highest BCUT2D eigenvalue weighted by molar-refractivity contribution is 6.31. The van der Waals surface area contributed by atoms with Crippen LogP contribution in [0.25, 0.3) is 0 Å². The summed E-state index contributed by atoms with van der Waals surface area (Å²) in [5.74, 6) is -0.886. The predicted molar refractivity (Wildman–Crippen MR) is 79.8 cm³/mol. The van der Waals surface area contributed by atoms with Gasteiger partial charge in [-0.15, -0.1) is 0 Å². The zero-order valence-corrected chi connectivity index (χ0v) is 12.1.